The molecule has 4 fully saturated rings. The molecule has 7 atom stereocenters. The number of hydrogen-bond acceptors (Lipinski definition) is 5. The average Bonchev–Trinajstić information content (AvgIpc) is 3.27. The second kappa shape index (κ2) is 10.7. The van der Waals surface area contributed by atoms with E-state index in [1.54, 1.807) is 0 Å². The van der Waals surface area contributed by atoms with Crippen LogP contribution in [-0.4, -0.2) is 57.2 Å². The zero-order valence-electron chi connectivity index (χ0n) is 24.0. The Kier molecular flexibility index (Phi) is 7.21. The van der Waals surface area contributed by atoms with Crippen LogP contribution in [0.3, 0.4) is 0 Å². The van der Waals surface area contributed by atoms with Crippen LogP contribution in [0.5, 0.6) is 0 Å². The number of aromatic nitrogens is 2. The van der Waals surface area contributed by atoms with Gasteiger partial charge in [0.2, 0.25) is 7.37 Å². The van der Waals surface area contributed by atoms with Gasteiger partial charge in [0.1, 0.15) is 0 Å². The van der Waals surface area contributed by atoms with Gasteiger partial charge in [0.25, 0.3) is 5.56 Å². The number of para-hydroxylation sites is 2. The van der Waals surface area contributed by atoms with E-state index in [1.165, 1.54) is 70.9 Å². The molecule has 4 heterocycles. The number of rotatable bonds is 4. The van der Waals surface area contributed by atoms with E-state index in [0.717, 1.165) is 41.8 Å². The summed E-state index contributed by atoms with van der Waals surface area (Å²) in [5.74, 6) is 2.32. The van der Waals surface area contributed by atoms with Crippen LogP contribution >= 0.6 is 7.37 Å². The first-order chi connectivity index (χ1) is 19.3. The highest BCUT2D eigenvalue weighted by Crippen LogP contribution is 2.49. The van der Waals surface area contributed by atoms with E-state index < -0.39 is 7.37 Å². The molecule has 216 valence electrons. The van der Waals surface area contributed by atoms with Crippen molar-refractivity contribution in [3.63, 3.8) is 0 Å². The molecule has 2 aliphatic carbocycles. The van der Waals surface area contributed by atoms with Gasteiger partial charge < -0.3 is 14.4 Å². The molecule has 7 nitrogen and oxygen atoms in total. The number of fused-ring (bicyclic) bond motifs is 6. The summed E-state index contributed by atoms with van der Waals surface area (Å²) in [4.78, 5) is 34.2. The van der Waals surface area contributed by atoms with Gasteiger partial charge in [-0.2, -0.15) is 0 Å². The van der Waals surface area contributed by atoms with Gasteiger partial charge in [-0.3, -0.25) is 14.3 Å². The molecule has 1 aromatic carbocycles. The summed E-state index contributed by atoms with van der Waals surface area (Å²) in [6.07, 6.45) is 18.2. The van der Waals surface area contributed by atoms with Crippen molar-refractivity contribution < 1.29 is 9.46 Å². The van der Waals surface area contributed by atoms with Crippen LogP contribution in [0.15, 0.2) is 40.5 Å². The minimum atomic E-state index is -3.25. The maximum absolute atomic E-state index is 14.3. The Morgan fingerprint density at radius 3 is 2.20 bits per heavy atom. The number of benzene rings is 1. The third-order valence-corrected chi connectivity index (χ3v) is 12.5. The molecule has 1 aromatic heterocycles. The summed E-state index contributed by atoms with van der Waals surface area (Å²) < 4.78 is 14.3. The van der Waals surface area contributed by atoms with Crippen LogP contribution in [0.1, 0.15) is 89.5 Å². The van der Waals surface area contributed by atoms with Crippen molar-refractivity contribution in [3.8, 4) is 0 Å². The van der Waals surface area contributed by atoms with Crippen LogP contribution < -0.4 is 10.5 Å². The fourth-order valence-electron chi connectivity index (χ4n) is 9.17. The number of nitrogens with zero attached hydrogens (tertiary/aromatic N) is 4. The maximum Gasteiger partial charge on any atom is 0.294 e. The van der Waals surface area contributed by atoms with Crippen molar-refractivity contribution in [2.75, 3.05) is 24.7 Å². The summed E-state index contributed by atoms with van der Waals surface area (Å²) >= 11 is 0. The molecule has 0 radical (unpaired) electrons. The number of hydrogen-bond donors (Lipinski definition) is 1. The Balaban J connectivity index is 1.21. The standard InChI is InChI=1S/C32H45N4O3P/c1-40(38,39)28-14-16-34(17-15-28)31-32(37)36(30-11-3-2-10-29(30)33-31)27-20-24-8-5-9-25(21-27)35(24)26-18-22-6-4-7-23(19-26)13-12-22/h2-3,10-11,14,22-27H,4-9,12-13,15-21H2,1H3,(H,38,39)/t22-,23+,24-,25+,26+,27+. The van der Waals surface area contributed by atoms with Crippen molar-refractivity contribution in [2.24, 2.45) is 11.8 Å². The smallest absolute Gasteiger partial charge is 0.294 e. The first-order valence-corrected chi connectivity index (χ1v) is 18.0. The molecule has 2 saturated carbocycles. The second-order valence-corrected chi connectivity index (χ2v) is 15.9. The first kappa shape index (κ1) is 26.9. The quantitative estimate of drug-likeness (QED) is 0.439. The summed E-state index contributed by atoms with van der Waals surface area (Å²) in [6, 6.07) is 10.1. The van der Waals surface area contributed by atoms with Crippen LogP contribution in [-0.2, 0) is 4.57 Å². The van der Waals surface area contributed by atoms with Crippen molar-refractivity contribution in [1.29, 1.82) is 0 Å². The first-order valence-electron chi connectivity index (χ1n) is 15.9. The van der Waals surface area contributed by atoms with E-state index in [0.29, 0.717) is 42.7 Å². The molecule has 7 rings (SSSR count). The van der Waals surface area contributed by atoms with Crippen LogP contribution in [0.25, 0.3) is 11.0 Å². The molecule has 40 heavy (non-hydrogen) atoms. The van der Waals surface area contributed by atoms with E-state index in [4.69, 9.17) is 4.98 Å². The van der Waals surface area contributed by atoms with Crippen LogP contribution in [0.2, 0.25) is 0 Å². The topological polar surface area (TPSA) is 78.7 Å². The highest BCUT2D eigenvalue weighted by atomic mass is 31.2. The monoisotopic (exact) mass is 564 g/mol. The maximum atomic E-state index is 14.3. The van der Waals surface area contributed by atoms with Crippen molar-refractivity contribution in [1.82, 2.24) is 14.5 Å². The van der Waals surface area contributed by atoms with E-state index >= 15 is 0 Å². The third kappa shape index (κ3) is 5.01. The molecule has 2 saturated heterocycles. The van der Waals surface area contributed by atoms with Gasteiger partial charge >= 0.3 is 0 Å². The van der Waals surface area contributed by atoms with Gasteiger partial charge in [0.05, 0.1) is 11.0 Å². The lowest BCUT2D eigenvalue weighted by atomic mass is 9.77. The van der Waals surface area contributed by atoms with E-state index in [-0.39, 0.29) is 11.6 Å². The lowest BCUT2D eigenvalue weighted by molar-refractivity contribution is -0.0303. The SMILES string of the molecule is CP(=O)(O)C1=CCN(c2nc3ccccc3n([C@H]3C[C@H]4CCC[C@@H](C3)N4[C@H]3C[C@@H]4CCC[C@@H](CC4)C3)c2=O)CC1. The van der Waals surface area contributed by atoms with Crippen LogP contribution in [0, 0.1) is 11.8 Å². The molecular formula is C32H45N4O3P. The Morgan fingerprint density at radius 2 is 1.55 bits per heavy atom. The van der Waals surface area contributed by atoms with Crippen molar-refractivity contribution >= 4 is 24.2 Å². The Bertz CT molecular complexity index is 1370. The highest BCUT2D eigenvalue weighted by Gasteiger charge is 2.44. The third-order valence-electron chi connectivity index (χ3n) is 11.0. The van der Waals surface area contributed by atoms with E-state index in [2.05, 4.69) is 15.5 Å². The predicted octanol–water partition coefficient (Wildman–Crippen LogP) is 6.31. The summed E-state index contributed by atoms with van der Waals surface area (Å²) in [5, 5.41) is 0.604. The van der Waals surface area contributed by atoms with Gasteiger partial charge in [-0.15, -0.1) is 0 Å². The molecule has 2 aromatic rings. The van der Waals surface area contributed by atoms with Crippen molar-refractivity contribution in [2.45, 2.75) is 108 Å². The van der Waals surface area contributed by atoms with E-state index in [9.17, 15) is 14.3 Å². The van der Waals surface area contributed by atoms with Crippen LogP contribution in [0.4, 0.5) is 5.82 Å². The summed E-state index contributed by atoms with van der Waals surface area (Å²) in [7, 11) is -3.25. The minimum Gasteiger partial charge on any atom is -0.348 e. The fourth-order valence-corrected chi connectivity index (χ4v) is 10.1. The second-order valence-electron chi connectivity index (χ2n) is 13.5. The van der Waals surface area contributed by atoms with E-state index in [1.807, 2.05) is 29.2 Å². The Morgan fingerprint density at radius 1 is 0.875 bits per heavy atom. The zero-order chi connectivity index (χ0) is 27.4. The van der Waals surface area contributed by atoms with Gasteiger partial charge in [-0.05, 0) is 68.9 Å². The van der Waals surface area contributed by atoms with Gasteiger partial charge in [-0.25, -0.2) is 4.98 Å². The fraction of sp³-hybridized carbons (Fsp3) is 0.688. The molecule has 5 aliphatic rings. The summed E-state index contributed by atoms with van der Waals surface area (Å²) in [5.41, 5.74) is 1.80. The zero-order valence-corrected chi connectivity index (χ0v) is 24.9. The molecular weight excluding hydrogens is 519 g/mol. The molecule has 8 heteroatoms. The largest absolute Gasteiger partial charge is 0.348 e. The minimum absolute atomic E-state index is 0.000230. The normalized spacial score (nSPS) is 34.6. The number of piperidine rings is 2. The average molecular weight is 565 g/mol. The van der Waals surface area contributed by atoms with Gasteiger partial charge in [-0.1, -0.05) is 56.7 Å². The summed E-state index contributed by atoms with van der Waals surface area (Å²) in [6.45, 7) is 2.39. The van der Waals surface area contributed by atoms with Gasteiger partial charge in [0, 0.05) is 49.2 Å². The Labute approximate surface area is 238 Å². The molecule has 0 spiro atoms. The highest BCUT2D eigenvalue weighted by molar-refractivity contribution is 7.61. The molecule has 1 unspecified atom stereocenters. The van der Waals surface area contributed by atoms with Gasteiger partial charge in [0.15, 0.2) is 5.82 Å². The lowest BCUT2D eigenvalue weighted by Gasteiger charge is -2.53. The number of anilines is 1. The molecule has 0 amide bonds. The lowest BCUT2D eigenvalue weighted by Crippen LogP contribution is -2.57. The molecule has 4 bridgehead atoms. The molecule has 1 N–H and O–H groups in total. The van der Waals surface area contributed by atoms with Crippen molar-refractivity contribution in [3.05, 3.63) is 46.0 Å². The predicted molar refractivity (Wildman–Crippen MR) is 161 cm³/mol. The Hall–Kier alpha value is -1.95. The molecule has 3 aliphatic heterocycles.